The molecule has 4 rings (SSSR count). The predicted octanol–water partition coefficient (Wildman–Crippen LogP) is 3.57. The summed E-state index contributed by atoms with van der Waals surface area (Å²) in [4.78, 5) is 5.81. The second kappa shape index (κ2) is 6.64. The van der Waals surface area contributed by atoms with Gasteiger partial charge < -0.3 is 5.32 Å². The van der Waals surface area contributed by atoms with Crippen LogP contribution in [0, 0.1) is 0 Å². The summed E-state index contributed by atoms with van der Waals surface area (Å²) >= 11 is 1.91. The van der Waals surface area contributed by atoms with Crippen molar-refractivity contribution in [3.63, 3.8) is 0 Å². The summed E-state index contributed by atoms with van der Waals surface area (Å²) in [5.41, 5.74) is 3.91. The van der Waals surface area contributed by atoms with Gasteiger partial charge in [-0.3, -0.25) is 5.10 Å². The summed E-state index contributed by atoms with van der Waals surface area (Å²) in [6.07, 6.45) is 6.48. The van der Waals surface area contributed by atoms with Crippen LogP contribution in [0.4, 0.5) is 0 Å². The maximum atomic E-state index is 4.22. The summed E-state index contributed by atoms with van der Waals surface area (Å²) in [6, 6.07) is 11.4. The Hall–Kier alpha value is -1.98. The topological polar surface area (TPSA) is 53.6 Å². The smallest absolute Gasteiger partial charge is 0.155 e. The monoisotopic (exact) mass is 324 g/mol. The summed E-state index contributed by atoms with van der Waals surface area (Å²) in [5.74, 6) is 0.823. The van der Waals surface area contributed by atoms with E-state index < -0.39 is 0 Å². The zero-order valence-corrected chi connectivity index (χ0v) is 13.8. The summed E-state index contributed by atoms with van der Waals surface area (Å²) < 4.78 is 0. The van der Waals surface area contributed by atoms with Gasteiger partial charge in [0.2, 0.25) is 0 Å². The number of rotatable bonds is 4. The minimum absolute atomic E-state index is 0.569. The molecule has 2 aromatic heterocycles. The third-order valence-corrected chi connectivity index (χ3v) is 5.49. The first-order valence-corrected chi connectivity index (χ1v) is 9.00. The highest BCUT2D eigenvalue weighted by Crippen LogP contribution is 2.25. The van der Waals surface area contributed by atoms with Crippen molar-refractivity contribution in [1.82, 2.24) is 20.5 Å². The van der Waals surface area contributed by atoms with E-state index in [2.05, 4.69) is 56.2 Å². The molecule has 0 spiro atoms. The zero-order chi connectivity index (χ0) is 15.5. The molecule has 5 heteroatoms. The molecular formula is C18H20N4S. The van der Waals surface area contributed by atoms with Gasteiger partial charge in [0.15, 0.2) is 5.82 Å². The summed E-state index contributed by atoms with van der Waals surface area (Å²) in [7, 11) is 0. The Labute approximate surface area is 140 Å². The molecule has 0 radical (unpaired) electrons. The average Bonchev–Trinajstić information content (AvgIpc) is 3.22. The van der Waals surface area contributed by atoms with Crippen LogP contribution in [-0.4, -0.2) is 21.2 Å². The first-order chi connectivity index (χ1) is 11.4. The van der Waals surface area contributed by atoms with Gasteiger partial charge in [-0.1, -0.05) is 18.2 Å². The SMILES string of the molecule is c1cc(CNC2CCCc3sccc3C2)cc(-c2ncn[nH]2)c1. The fourth-order valence-electron chi connectivity index (χ4n) is 3.25. The van der Waals surface area contributed by atoms with Gasteiger partial charge in [0.05, 0.1) is 0 Å². The zero-order valence-electron chi connectivity index (χ0n) is 13.0. The molecule has 3 aromatic rings. The average molecular weight is 324 g/mol. The van der Waals surface area contributed by atoms with Crippen LogP contribution < -0.4 is 5.32 Å². The molecular weight excluding hydrogens is 304 g/mol. The first kappa shape index (κ1) is 14.6. The van der Waals surface area contributed by atoms with Gasteiger partial charge in [-0.2, -0.15) is 5.10 Å². The van der Waals surface area contributed by atoms with E-state index in [0.29, 0.717) is 6.04 Å². The van der Waals surface area contributed by atoms with Crippen LogP contribution in [0.2, 0.25) is 0 Å². The molecule has 0 fully saturated rings. The quantitative estimate of drug-likeness (QED) is 0.721. The molecule has 1 aliphatic carbocycles. The Morgan fingerprint density at radius 3 is 3.22 bits per heavy atom. The van der Waals surface area contributed by atoms with Gasteiger partial charge in [-0.15, -0.1) is 11.3 Å². The highest BCUT2D eigenvalue weighted by molar-refractivity contribution is 7.10. The predicted molar refractivity (Wildman–Crippen MR) is 93.4 cm³/mol. The Kier molecular flexibility index (Phi) is 4.22. The van der Waals surface area contributed by atoms with Crippen LogP contribution in [-0.2, 0) is 19.4 Å². The summed E-state index contributed by atoms with van der Waals surface area (Å²) in [5, 5.41) is 12.8. The molecule has 1 unspecified atom stereocenters. The van der Waals surface area contributed by atoms with Crippen LogP contribution in [0.1, 0.15) is 28.8 Å². The lowest BCUT2D eigenvalue weighted by molar-refractivity contribution is 0.475. The minimum atomic E-state index is 0.569. The van der Waals surface area contributed by atoms with Gasteiger partial charge in [-0.25, -0.2) is 4.98 Å². The van der Waals surface area contributed by atoms with Crippen molar-refractivity contribution in [3.05, 3.63) is 58.0 Å². The normalized spacial score (nSPS) is 17.7. The van der Waals surface area contributed by atoms with Gasteiger partial charge in [-0.05, 0) is 54.3 Å². The van der Waals surface area contributed by atoms with Crippen LogP contribution in [0.5, 0.6) is 0 Å². The number of hydrogen-bond donors (Lipinski definition) is 2. The number of nitrogens with one attached hydrogen (secondary N) is 2. The molecule has 118 valence electrons. The Balaban J connectivity index is 1.42. The second-order valence-corrected chi connectivity index (χ2v) is 7.08. The number of hydrogen-bond acceptors (Lipinski definition) is 4. The molecule has 1 atom stereocenters. The van der Waals surface area contributed by atoms with Crippen molar-refractivity contribution in [3.8, 4) is 11.4 Å². The number of fused-ring (bicyclic) bond motifs is 1. The van der Waals surface area contributed by atoms with E-state index in [9.17, 15) is 0 Å². The molecule has 0 amide bonds. The van der Waals surface area contributed by atoms with E-state index in [4.69, 9.17) is 0 Å². The first-order valence-electron chi connectivity index (χ1n) is 8.12. The third kappa shape index (κ3) is 3.35. The van der Waals surface area contributed by atoms with Crippen molar-refractivity contribution in [2.24, 2.45) is 0 Å². The van der Waals surface area contributed by atoms with Gasteiger partial charge in [0, 0.05) is 23.0 Å². The molecule has 0 aliphatic heterocycles. The van der Waals surface area contributed by atoms with Crippen molar-refractivity contribution in [1.29, 1.82) is 0 Å². The number of thiophene rings is 1. The maximum absolute atomic E-state index is 4.22. The standard InChI is InChI=1S/C18H20N4S/c1-3-13(9-15(4-1)18-20-12-21-22-18)11-19-16-5-2-6-17-14(10-16)7-8-23-17/h1,3-4,7-9,12,16,19H,2,5-6,10-11H2,(H,20,21,22). The van der Waals surface area contributed by atoms with E-state index in [1.807, 2.05) is 11.3 Å². The van der Waals surface area contributed by atoms with E-state index in [0.717, 1.165) is 24.4 Å². The van der Waals surface area contributed by atoms with Gasteiger partial charge in [0.1, 0.15) is 6.33 Å². The van der Waals surface area contributed by atoms with Crippen LogP contribution in [0.25, 0.3) is 11.4 Å². The van der Waals surface area contributed by atoms with E-state index in [1.54, 1.807) is 16.8 Å². The lowest BCUT2D eigenvalue weighted by Gasteiger charge is -2.16. The lowest BCUT2D eigenvalue weighted by Crippen LogP contribution is -2.30. The van der Waals surface area contributed by atoms with Gasteiger partial charge in [0.25, 0.3) is 0 Å². The highest BCUT2D eigenvalue weighted by Gasteiger charge is 2.17. The molecule has 1 aliphatic rings. The van der Waals surface area contributed by atoms with Crippen molar-refractivity contribution < 1.29 is 0 Å². The number of H-pyrrole nitrogens is 1. The van der Waals surface area contributed by atoms with Crippen molar-refractivity contribution in [2.45, 2.75) is 38.3 Å². The fraction of sp³-hybridized carbons (Fsp3) is 0.333. The summed E-state index contributed by atoms with van der Waals surface area (Å²) in [6.45, 7) is 0.895. The van der Waals surface area contributed by atoms with Crippen molar-refractivity contribution >= 4 is 11.3 Å². The molecule has 0 bridgehead atoms. The highest BCUT2D eigenvalue weighted by atomic mass is 32.1. The molecule has 0 saturated carbocycles. The number of aromatic nitrogens is 3. The second-order valence-electron chi connectivity index (χ2n) is 6.08. The minimum Gasteiger partial charge on any atom is -0.310 e. The van der Waals surface area contributed by atoms with Gasteiger partial charge >= 0.3 is 0 Å². The molecule has 0 saturated heterocycles. The van der Waals surface area contributed by atoms with Crippen molar-refractivity contribution in [2.75, 3.05) is 0 Å². The fourth-order valence-corrected chi connectivity index (χ4v) is 4.22. The Morgan fingerprint density at radius 1 is 1.30 bits per heavy atom. The molecule has 4 nitrogen and oxygen atoms in total. The van der Waals surface area contributed by atoms with Crippen LogP contribution >= 0.6 is 11.3 Å². The molecule has 2 heterocycles. The molecule has 2 N–H and O–H groups in total. The maximum Gasteiger partial charge on any atom is 0.155 e. The number of aryl methyl sites for hydroxylation is 1. The Bertz CT molecular complexity index is 763. The van der Waals surface area contributed by atoms with E-state index in [1.165, 1.54) is 24.8 Å². The number of aromatic amines is 1. The van der Waals surface area contributed by atoms with Crippen LogP contribution in [0.3, 0.4) is 0 Å². The molecule has 23 heavy (non-hydrogen) atoms. The number of benzene rings is 1. The Morgan fingerprint density at radius 2 is 2.30 bits per heavy atom. The molecule has 1 aromatic carbocycles. The number of nitrogens with zero attached hydrogens (tertiary/aromatic N) is 2. The van der Waals surface area contributed by atoms with Crippen LogP contribution in [0.15, 0.2) is 42.0 Å². The van der Waals surface area contributed by atoms with E-state index >= 15 is 0 Å². The lowest BCUT2D eigenvalue weighted by atomic mass is 10.1. The van der Waals surface area contributed by atoms with E-state index in [-0.39, 0.29) is 0 Å². The largest absolute Gasteiger partial charge is 0.310 e. The third-order valence-electron chi connectivity index (χ3n) is 4.47.